The number of carbonyl (C=O) groups is 4. The lowest BCUT2D eigenvalue weighted by atomic mass is 10.1. The molecule has 1 aromatic heterocycles. The molecule has 0 atom stereocenters. The molecule has 1 saturated heterocycles. The van der Waals surface area contributed by atoms with Gasteiger partial charge in [0, 0.05) is 43.2 Å². The second kappa shape index (κ2) is 11.5. The van der Waals surface area contributed by atoms with Gasteiger partial charge >= 0.3 is 6.09 Å². The minimum Gasteiger partial charge on any atom is -0.450 e. The molecule has 0 bridgehead atoms. The third-order valence-electron chi connectivity index (χ3n) is 6.23. The molecule has 1 aliphatic heterocycles. The Bertz CT molecular complexity index is 1120. The summed E-state index contributed by atoms with van der Waals surface area (Å²) in [6.45, 7) is 5.67. The number of hydrogen-bond donors (Lipinski definition) is 1. The third-order valence-corrected chi connectivity index (χ3v) is 7.03. The van der Waals surface area contributed by atoms with Crippen LogP contribution < -0.4 is 5.32 Å². The maximum absolute atomic E-state index is 13.1. The molecule has 192 valence electrons. The number of hydrogen-bond acceptors (Lipinski definition) is 7. The average molecular weight is 514 g/mol. The van der Waals surface area contributed by atoms with E-state index in [1.165, 1.54) is 11.3 Å². The van der Waals surface area contributed by atoms with Crippen LogP contribution in [0.1, 0.15) is 41.4 Å². The molecular weight excluding hydrogens is 482 g/mol. The normalized spacial score (nSPS) is 15.4. The van der Waals surface area contributed by atoms with E-state index in [9.17, 15) is 19.2 Å². The van der Waals surface area contributed by atoms with E-state index in [-0.39, 0.29) is 42.8 Å². The number of piperazine rings is 1. The van der Waals surface area contributed by atoms with E-state index in [4.69, 9.17) is 4.74 Å². The van der Waals surface area contributed by atoms with Gasteiger partial charge in [-0.05, 0) is 38.3 Å². The lowest BCUT2D eigenvalue weighted by molar-refractivity contribution is -0.132. The Kier molecular flexibility index (Phi) is 8.19. The summed E-state index contributed by atoms with van der Waals surface area (Å²) >= 11 is 1.25. The monoisotopic (exact) mass is 513 g/mol. The van der Waals surface area contributed by atoms with Gasteiger partial charge in [0.25, 0.3) is 5.91 Å². The number of thiazole rings is 1. The van der Waals surface area contributed by atoms with E-state index in [2.05, 4.69) is 10.3 Å². The molecule has 1 aliphatic carbocycles. The molecule has 1 N–H and O–H groups in total. The molecule has 0 spiro atoms. The van der Waals surface area contributed by atoms with Gasteiger partial charge in [0.05, 0.1) is 18.7 Å². The quantitative estimate of drug-likeness (QED) is 0.581. The number of rotatable bonds is 8. The van der Waals surface area contributed by atoms with Gasteiger partial charge in [0.1, 0.15) is 6.54 Å². The predicted molar refractivity (Wildman–Crippen MR) is 135 cm³/mol. The maximum atomic E-state index is 13.1. The van der Waals surface area contributed by atoms with E-state index >= 15 is 0 Å². The summed E-state index contributed by atoms with van der Waals surface area (Å²) in [6.07, 6.45) is 1.54. The van der Waals surface area contributed by atoms with Crippen molar-refractivity contribution in [1.29, 1.82) is 0 Å². The highest BCUT2D eigenvalue weighted by atomic mass is 32.1. The minimum atomic E-state index is -0.356. The van der Waals surface area contributed by atoms with E-state index in [0.717, 1.165) is 18.4 Å². The molecule has 2 heterocycles. The van der Waals surface area contributed by atoms with Crippen molar-refractivity contribution in [3.05, 3.63) is 46.5 Å². The highest BCUT2D eigenvalue weighted by Gasteiger charge is 2.35. The highest BCUT2D eigenvalue weighted by Crippen LogP contribution is 2.29. The molecule has 2 aromatic rings. The zero-order valence-electron chi connectivity index (χ0n) is 20.6. The topological polar surface area (TPSA) is 112 Å². The molecule has 2 fully saturated rings. The number of amides is 4. The summed E-state index contributed by atoms with van der Waals surface area (Å²) in [5.41, 5.74) is 2.06. The van der Waals surface area contributed by atoms with Crippen molar-refractivity contribution in [2.24, 2.45) is 0 Å². The van der Waals surface area contributed by atoms with Crippen molar-refractivity contribution in [2.45, 2.75) is 39.2 Å². The van der Waals surface area contributed by atoms with Crippen molar-refractivity contribution in [1.82, 2.24) is 19.7 Å². The number of anilines is 1. The van der Waals surface area contributed by atoms with Crippen molar-refractivity contribution in [2.75, 3.05) is 44.6 Å². The second-order valence-corrected chi connectivity index (χ2v) is 9.77. The van der Waals surface area contributed by atoms with Crippen molar-refractivity contribution >= 4 is 40.3 Å². The first kappa shape index (κ1) is 25.6. The standard InChI is InChI=1S/C25H31N5O5S/c1-3-35-25(34)29-12-10-28(11-13-29)22(32)14-18-16-36-24(26-18)27-21(31)15-30(19-8-9-19)23(33)20-7-5-4-6-17(20)2/h4-7,16,19H,3,8-15H2,1-2H3,(H,26,27,31). The summed E-state index contributed by atoms with van der Waals surface area (Å²) in [7, 11) is 0. The molecule has 1 saturated carbocycles. The van der Waals surface area contributed by atoms with Gasteiger partial charge in [-0.1, -0.05) is 18.2 Å². The smallest absolute Gasteiger partial charge is 0.409 e. The number of aromatic nitrogens is 1. The fraction of sp³-hybridized carbons (Fsp3) is 0.480. The van der Waals surface area contributed by atoms with E-state index in [1.54, 1.807) is 33.1 Å². The lowest BCUT2D eigenvalue weighted by Crippen LogP contribution is -2.51. The predicted octanol–water partition coefficient (Wildman–Crippen LogP) is 2.54. The van der Waals surface area contributed by atoms with Gasteiger partial charge in [-0.25, -0.2) is 9.78 Å². The first-order chi connectivity index (χ1) is 17.4. The lowest BCUT2D eigenvalue weighted by Gasteiger charge is -2.34. The van der Waals surface area contributed by atoms with E-state index in [1.807, 2.05) is 25.1 Å². The van der Waals surface area contributed by atoms with Crippen LogP contribution in [-0.4, -0.2) is 88.9 Å². The molecule has 11 heteroatoms. The molecule has 2 aliphatic rings. The summed E-state index contributed by atoms with van der Waals surface area (Å²) in [4.78, 5) is 59.6. The Hall–Kier alpha value is -3.47. The number of benzene rings is 1. The number of ether oxygens (including phenoxy) is 1. The van der Waals surface area contributed by atoms with E-state index in [0.29, 0.717) is 49.2 Å². The van der Waals surface area contributed by atoms with Crippen LogP contribution >= 0.6 is 11.3 Å². The summed E-state index contributed by atoms with van der Waals surface area (Å²) < 4.78 is 5.01. The van der Waals surface area contributed by atoms with Gasteiger partial charge in [0.15, 0.2) is 5.13 Å². The Morgan fingerprint density at radius 2 is 1.81 bits per heavy atom. The van der Waals surface area contributed by atoms with Gasteiger partial charge < -0.3 is 24.8 Å². The second-order valence-electron chi connectivity index (χ2n) is 8.91. The first-order valence-electron chi connectivity index (χ1n) is 12.2. The molecule has 36 heavy (non-hydrogen) atoms. The first-order valence-corrected chi connectivity index (χ1v) is 13.0. The minimum absolute atomic E-state index is 0.0452. The molecule has 0 radical (unpaired) electrons. The summed E-state index contributed by atoms with van der Waals surface area (Å²) in [6, 6.07) is 7.46. The van der Waals surface area contributed by atoms with Crippen LogP contribution in [0.3, 0.4) is 0 Å². The third kappa shape index (κ3) is 6.39. The average Bonchev–Trinajstić information content (AvgIpc) is 3.62. The van der Waals surface area contributed by atoms with Crippen LogP contribution in [0.5, 0.6) is 0 Å². The summed E-state index contributed by atoms with van der Waals surface area (Å²) in [5, 5.41) is 4.92. The Labute approximate surface area is 214 Å². The SMILES string of the molecule is CCOC(=O)N1CCN(C(=O)Cc2csc(NC(=O)CN(C(=O)c3ccccc3C)C3CC3)n2)CC1. The summed E-state index contributed by atoms with van der Waals surface area (Å²) in [5.74, 6) is -0.532. The van der Waals surface area contributed by atoms with E-state index < -0.39 is 0 Å². The molecule has 1 aromatic carbocycles. The zero-order valence-corrected chi connectivity index (χ0v) is 21.4. The molecule has 4 rings (SSSR count). The van der Waals surface area contributed by atoms with Crippen LogP contribution in [0.4, 0.5) is 9.93 Å². The Morgan fingerprint density at radius 3 is 2.47 bits per heavy atom. The van der Waals surface area contributed by atoms with Crippen LogP contribution in [0.2, 0.25) is 0 Å². The Morgan fingerprint density at radius 1 is 1.11 bits per heavy atom. The Balaban J connectivity index is 1.28. The van der Waals surface area contributed by atoms with Gasteiger partial charge in [-0.3, -0.25) is 14.4 Å². The number of nitrogens with one attached hydrogen (secondary N) is 1. The fourth-order valence-electron chi connectivity index (χ4n) is 4.10. The van der Waals surface area contributed by atoms with Crippen LogP contribution in [-0.2, 0) is 20.7 Å². The van der Waals surface area contributed by atoms with Crippen LogP contribution in [0.15, 0.2) is 29.6 Å². The van der Waals surface area contributed by atoms with Crippen molar-refractivity contribution < 1.29 is 23.9 Å². The highest BCUT2D eigenvalue weighted by molar-refractivity contribution is 7.13. The number of nitrogens with zero attached hydrogens (tertiary/aromatic N) is 4. The number of aryl methyl sites for hydroxylation is 1. The maximum Gasteiger partial charge on any atom is 0.409 e. The van der Waals surface area contributed by atoms with Gasteiger partial charge in [-0.15, -0.1) is 11.3 Å². The van der Waals surface area contributed by atoms with Gasteiger partial charge in [0.2, 0.25) is 11.8 Å². The zero-order chi connectivity index (χ0) is 25.7. The fourth-order valence-corrected chi connectivity index (χ4v) is 4.83. The molecular formula is C25H31N5O5S. The molecule has 0 unspecified atom stereocenters. The van der Waals surface area contributed by atoms with Crippen LogP contribution in [0.25, 0.3) is 0 Å². The molecule has 10 nitrogen and oxygen atoms in total. The number of carbonyl (C=O) groups excluding carboxylic acids is 4. The largest absolute Gasteiger partial charge is 0.450 e. The van der Waals surface area contributed by atoms with Crippen LogP contribution in [0, 0.1) is 6.92 Å². The van der Waals surface area contributed by atoms with Crippen molar-refractivity contribution in [3.63, 3.8) is 0 Å². The van der Waals surface area contributed by atoms with Gasteiger partial charge in [-0.2, -0.15) is 0 Å². The molecule has 4 amide bonds. The van der Waals surface area contributed by atoms with Crippen molar-refractivity contribution in [3.8, 4) is 0 Å².